The zero-order valence-corrected chi connectivity index (χ0v) is 15.3. The van der Waals surface area contributed by atoms with E-state index in [1.807, 2.05) is 34.1 Å². The summed E-state index contributed by atoms with van der Waals surface area (Å²) in [6, 6.07) is 7.82. The van der Waals surface area contributed by atoms with Crippen molar-refractivity contribution >= 4 is 27.7 Å². The number of hydrogen-bond acceptors (Lipinski definition) is 3. The largest absolute Gasteiger partial charge is 0.378 e. The second kappa shape index (κ2) is 8.12. The highest BCUT2D eigenvalue weighted by Crippen LogP contribution is 2.21. The number of rotatable bonds is 3. The Morgan fingerprint density at radius 1 is 1.08 bits per heavy atom. The quantitative estimate of drug-likeness (QED) is 0.788. The fourth-order valence-electron chi connectivity index (χ4n) is 3.34. The van der Waals surface area contributed by atoms with Crippen LogP contribution in [-0.2, 0) is 20.7 Å². The minimum absolute atomic E-state index is 0.0642. The van der Waals surface area contributed by atoms with Gasteiger partial charge in [0.2, 0.25) is 11.8 Å². The van der Waals surface area contributed by atoms with Crippen LogP contribution in [0.1, 0.15) is 18.4 Å². The molecule has 130 valence electrons. The molecule has 2 saturated heterocycles. The molecule has 5 nitrogen and oxygen atoms in total. The number of benzene rings is 1. The monoisotopic (exact) mass is 394 g/mol. The predicted molar refractivity (Wildman–Crippen MR) is 94.5 cm³/mol. The Morgan fingerprint density at radius 2 is 1.79 bits per heavy atom. The molecule has 0 bridgehead atoms. The molecule has 2 heterocycles. The van der Waals surface area contributed by atoms with Crippen LogP contribution in [0.4, 0.5) is 0 Å². The van der Waals surface area contributed by atoms with Gasteiger partial charge in [-0.2, -0.15) is 0 Å². The lowest BCUT2D eigenvalue weighted by molar-refractivity contribution is -0.143. The maximum atomic E-state index is 12.6. The Kier molecular flexibility index (Phi) is 5.89. The molecule has 0 saturated carbocycles. The fourth-order valence-corrected chi connectivity index (χ4v) is 3.60. The molecule has 1 aromatic carbocycles. The van der Waals surface area contributed by atoms with E-state index in [2.05, 4.69) is 15.9 Å². The summed E-state index contributed by atoms with van der Waals surface area (Å²) in [5.41, 5.74) is 1.00. The minimum Gasteiger partial charge on any atom is -0.378 e. The Morgan fingerprint density at radius 3 is 2.50 bits per heavy atom. The summed E-state index contributed by atoms with van der Waals surface area (Å²) in [5.74, 6) is 0.224. The van der Waals surface area contributed by atoms with E-state index in [1.54, 1.807) is 0 Å². The molecule has 0 spiro atoms. The lowest BCUT2D eigenvalue weighted by Gasteiger charge is -2.36. The van der Waals surface area contributed by atoms with Gasteiger partial charge >= 0.3 is 0 Å². The van der Waals surface area contributed by atoms with Gasteiger partial charge in [0.05, 0.1) is 25.6 Å². The smallest absolute Gasteiger partial charge is 0.227 e. The molecule has 2 amide bonds. The topological polar surface area (TPSA) is 49.9 Å². The van der Waals surface area contributed by atoms with Gasteiger partial charge in [-0.15, -0.1) is 0 Å². The average molecular weight is 395 g/mol. The van der Waals surface area contributed by atoms with Crippen molar-refractivity contribution in [1.29, 1.82) is 0 Å². The molecule has 2 fully saturated rings. The van der Waals surface area contributed by atoms with E-state index < -0.39 is 0 Å². The van der Waals surface area contributed by atoms with E-state index in [-0.39, 0.29) is 17.7 Å². The van der Waals surface area contributed by atoms with Gasteiger partial charge in [-0.1, -0.05) is 28.1 Å². The maximum Gasteiger partial charge on any atom is 0.227 e. The highest BCUT2D eigenvalue weighted by molar-refractivity contribution is 9.10. The molecule has 0 aliphatic carbocycles. The van der Waals surface area contributed by atoms with E-state index in [1.165, 1.54) is 0 Å². The van der Waals surface area contributed by atoms with Crippen molar-refractivity contribution < 1.29 is 14.3 Å². The van der Waals surface area contributed by atoms with Gasteiger partial charge in [0, 0.05) is 30.7 Å². The van der Waals surface area contributed by atoms with Crippen LogP contribution < -0.4 is 0 Å². The Bertz CT molecular complexity index is 584. The van der Waals surface area contributed by atoms with Crippen molar-refractivity contribution in [1.82, 2.24) is 9.80 Å². The average Bonchev–Trinajstić information content (AvgIpc) is 2.64. The minimum atomic E-state index is -0.0642. The second-order valence-corrected chi connectivity index (χ2v) is 7.34. The van der Waals surface area contributed by atoms with Gasteiger partial charge in [0.25, 0.3) is 0 Å². The second-order valence-electron chi connectivity index (χ2n) is 6.42. The van der Waals surface area contributed by atoms with Crippen LogP contribution in [0.15, 0.2) is 28.7 Å². The van der Waals surface area contributed by atoms with Crippen LogP contribution in [0.2, 0.25) is 0 Å². The molecule has 2 aliphatic heterocycles. The third-order valence-electron chi connectivity index (χ3n) is 4.71. The van der Waals surface area contributed by atoms with Gasteiger partial charge in [0.1, 0.15) is 0 Å². The first kappa shape index (κ1) is 17.4. The van der Waals surface area contributed by atoms with Crippen LogP contribution in [-0.4, -0.2) is 61.0 Å². The highest BCUT2D eigenvalue weighted by atomic mass is 79.9. The molecule has 1 atom stereocenters. The van der Waals surface area contributed by atoms with Crippen LogP contribution in [0.25, 0.3) is 0 Å². The SMILES string of the molecule is O=C(Cc1ccc(Br)cc1)N1CCCC(C(=O)N2CCOCC2)C1. The zero-order valence-electron chi connectivity index (χ0n) is 13.7. The van der Waals surface area contributed by atoms with Crippen molar-refractivity contribution in [3.05, 3.63) is 34.3 Å². The number of nitrogens with zero attached hydrogens (tertiary/aromatic N) is 2. The third-order valence-corrected chi connectivity index (χ3v) is 5.24. The first-order valence-corrected chi connectivity index (χ1v) is 9.31. The van der Waals surface area contributed by atoms with E-state index in [0.29, 0.717) is 39.3 Å². The molecule has 1 aromatic rings. The highest BCUT2D eigenvalue weighted by Gasteiger charge is 2.31. The Hall–Kier alpha value is -1.40. The van der Waals surface area contributed by atoms with Crippen molar-refractivity contribution in [2.24, 2.45) is 5.92 Å². The summed E-state index contributed by atoms with van der Waals surface area (Å²) < 4.78 is 6.32. The molecule has 0 aromatic heterocycles. The molecule has 2 aliphatic rings. The van der Waals surface area contributed by atoms with Crippen molar-refractivity contribution in [2.45, 2.75) is 19.3 Å². The number of amides is 2. The van der Waals surface area contributed by atoms with Crippen LogP contribution in [0, 0.1) is 5.92 Å². The van der Waals surface area contributed by atoms with Crippen molar-refractivity contribution in [3.8, 4) is 0 Å². The summed E-state index contributed by atoms with van der Waals surface area (Å²) in [7, 11) is 0. The van der Waals surface area contributed by atoms with Gasteiger partial charge < -0.3 is 14.5 Å². The van der Waals surface area contributed by atoms with Crippen LogP contribution in [0.5, 0.6) is 0 Å². The summed E-state index contributed by atoms with van der Waals surface area (Å²) in [4.78, 5) is 29.0. The summed E-state index contributed by atoms with van der Waals surface area (Å²) in [6.45, 7) is 3.87. The number of piperidine rings is 1. The van der Waals surface area contributed by atoms with Gasteiger partial charge in [0.15, 0.2) is 0 Å². The van der Waals surface area contributed by atoms with Crippen LogP contribution in [0.3, 0.4) is 0 Å². The summed E-state index contributed by atoms with van der Waals surface area (Å²) in [6.07, 6.45) is 2.16. The van der Waals surface area contributed by atoms with Gasteiger partial charge in [-0.05, 0) is 30.5 Å². The molecule has 24 heavy (non-hydrogen) atoms. The van der Waals surface area contributed by atoms with Gasteiger partial charge in [-0.25, -0.2) is 0 Å². The van der Waals surface area contributed by atoms with E-state index in [0.717, 1.165) is 29.4 Å². The Labute approximate surface area is 151 Å². The van der Waals surface area contributed by atoms with Crippen LogP contribution >= 0.6 is 15.9 Å². The molecule has 6 heteroatoms. The number of carbonyl (C=O) groups excluding carboxylic acids is 2. The number of likely N-dealkylation sites (tertiary alicyclic amines) is 1. The van der Waals surface area contributed by atoms with Gasteiger partial charge in [-0.3, -0.25) is 9.59 Å². The standard InChI is InChI=1S/C18H23BrN2O3/c19-16-5-3-14(4-6-16)12-17(22)21-7-1-2-15(13-21)18(23)20-8-10-24-11-9-20/h3-6,15H,1-2,7-13H2. The molecule has 0 radical (unpaired) electrons. The maximum absolute atomic E-state index is 12.6. The number of morpholine rings is 1. The molecular formula is C18H23BrN2O3. The van der Waals surface area contributed by atoms with Crippen molar-refractivity contribution in [3.63, 3.8) is 0 Å². The fraction of sp³-hybridized carbons (Fsp3) is 0.556. The number of hydrogen-bond donors (Lipinski definition) is 0. The lowest BCUT2D eigenvalue weighted by atomic mass is 9.95. The summed E-state index contributed by atoms with van der Waals surface area (Å²) >= 11 is 3.40. The Balaban J connectivity index is 1.57. The lowest BCUT2D eigenvalue weighted by Crippen LogP contribution is -2.49. The van der Waals surface area contributed by atoms with E-state index >= 15 is 0 Å². The van der Waals surface area contributed by atoms with Crippen molar-refractivity contribution in [2.75, 3.05) is 39.4 Å². The number of carbonyl (C=O) groups is 2. The molecular weight excluding hydrogens is 372 g/mol. The van der Waals surface area contributed by atoms with E-state index in [4.69, 9.17) is 4.74 Å². The third kappa shape index (κ3) is 4.36. The number of ether oxygens (including phenoxy) is 1. The normalized spacial score (nSPS) is 21.6. The molecule has 3 rings (SSSR count). The first-order chi connectivity index (χ1) is 11.6. The first-order valence-electron chi connectivity index (χ1n) is 8.52. The molecule has 0 N–H and O–H groups in total. The summed E-state index contributed by atoms with van der Waals surface area (Å²) in [5, 5.41) is 0. The number of halogens is 1. The predicted octanol–water partition coefficient (Wildman–Crippen LogP) is 2.09. The van der Waals surface area contributed by atoms with E-state index in [9.17, 15) is 9.59 Å². The molecule has 1 unspecified atom stereocenters. The zero-order chi connectivity index (χ0) is 16.9.